The highest BCUT2D eigenvalue weighted by Crippen LogP contribution is 2.19. The number of rotatable bonds is 2. The van der Waals surface area contributed by atoms with Crippen molar-refractivity contribution in [1.29, 1.82) is 0 Å². The van der Waals surface area contributed by atoms with Crippen LogP contribution in [0.4, 0.5) is 0 Å². The first-order chi connectivity index (χ1) is 4.84. The molecule has 0 aliphatic rings. The van der Waals surface area contributed by atoms with E-state index in [9.17, 15) is 0 Å². The molecule has 0 aliphatic carbocycles. The minimum atomic E-state index is -0.638. The van der Waals surface area contributed by atoms with Gasteiger partial charge in [-0.3, -0.25) is 0 Å². The van der Waals surface area contributed by atoms with E-state index >= 15 is 0 Å². The van der Waals surface area contributed by atoms with Crippen molar-refractivity contribution in [3.05, 3.63) is 35.9 Å². The summed E-state index contributed by atoms with van der Waals surface area (Å²) in [4.78, 5) is 0. The molecule has 1 rings (SSSR count). The molecule has 0 fully saturated rings. The van der Waals surface area contributed by atoms with Crippen LogP contribution >= 0.6 is 11.6 Å². The average Bonchev–Trinajstić information content (AvgIpc) is 2.05. The summed E-state index contributed by atoms with van der Waals surface area (Å²) in [7, 11) is 0. The quantitative estimate of drug-likeness (QED) is 0.355. The van der Waals surface area contributed by atoms with Gasteiger partial charge in [0.05, 0.1) is 0 Å². The fraction of sp³-hybridized carbons (Fsp3) is 0.143. The van der Waals surface area contributed by atoms with Crippen LogP contribution in [-0.4, -0.2) is 0 Å². The van der Waals surface area contributed by atoms with E-state index in [0.29, 0.717) is 0 Å². The number of hydrogen-bond acceptors (Lipinski definition) is 1. The Morgan fingerprint density at radius 1 is 1.30 bits per heavy atom. The second-order valence-electron chi connectivity index (χ2n) is 1.86. The van der Waals surface area contributed by atoms with Gasteiger partial charge in [-0.05, 0) is 11.1 Å². The van der Waals surface area contributed by atoms with E-state index in [-0.39, 0.29) is 0 Å². The fourth-order valence-electron chi connectivity index (χ4n) is 0.679. The largest absolute Gasteiger partial charge is 0.171 e. The summed E-state index contributed by atoms with van der Waals surface area (Å²) in [6, 6.07) is 9.17. The molecule has 0 bridgehead atoms. The van der Waals surface area contributed by atoms with Crippen molar-refractivity contribution in [2.45, 2.75) is 5.50 Å². The Hall–Kier alpha value is -0.890. The van der Waals surface area contributed by atoms with E-state index in [1.54, 1.807) is 12.1 Å². The first-order valence-corrected chi connectivity index (χ1v) is 3.31. The molecule has 1 aromatic carbocycles. The Balaban J connectivity index is 2.84. The Morgan fingerprint density at radius 2 is 1.90 bits per heavy atom. The van der Waals surface area contributed by atoms with E-state index in [4.69, 9.17) is 17.1 Å². The maximum Gasteiger partial charge on any atom is 0.171 e. The van der Waals surface area contributed by atoms with Crippen LogP contribution in [0.15, 0.2) is 35.4 Å². The highest BCUT2D eigenvalue weighted by molar-refractivity contribution is 6.20. The monoisotopic (exact) mass is 153 g/mol. The van der Waals surface area contributed by atoms with Crippen molar-refractivity contribution in [3.63, 3.8) is 0 Å². The minimum absolute atomic E-state index is 0.638. The van der Waals surface area contributed by atoms with Crippen LogP contribution in [0.25, 0.3) is 0 Å². The second-order valence-corrected chi connectivity index (χ2v) is 2.28. The zero-order valence-electron chi connectivity index (χ0n) is 5.24. The molecule has 0 amide bonds. The van der Waals surface area contributed by atoms with Gasteiger partial charge in [0.2, 0.25) is 0 Å². The van der Waals surface area contributed by atoms with E-state index < -0.39 is 5.50 Å². The summed E-state index contributed by atoms with van der Waals surface area (Å²) in [5, 5.41) is 2.92. The maximum absolute atomic E-state index is 8.28. The lowest BCUT2D eigenvalue weighted by Crippen LogP contribution is -1.83. The highest BCUT2D eigenvalue weighted by Gasteiger charge is 2.02. The zero-order chi connectivity index (χ0) is 7.40. The normalized spacial score (nSPS) is 12.5. The molecule has 51 valence electrons. The SMILES string of the molecule is [N]=NC(Cl)c1ccccc1. The number of alkyl halides is 1. The van der Waals surface area contributed by atoms with Gasteiger partial charge in [-0.2, -0.15) is 0 Å². The Morgan fingerprint density at radius 3 is 2.40 bits per heavy atom. The Bertz CT molecular complexity index is 210. The van der Waals surface area contributed by atoms with Gasteiger partial charge in [0.1, 0.15) is 0 Å². The summed E-state index contributed by atoms with van der Waals surface area (Å²) in [5.74, 6) is 0. The smallest absolute Gasteiger partial charge is 0.143 e. The van der Waals surface area contributed by atoms with Crippen molar-refractivity contribution in [1.82, 2.24) is 5.53 Å². The van der Waals surface area contributed by atoms with Gasteiger partial charge in [0.25, 0.3) is 0 Å². The zero-order valence-corrected chi connectivity index (χ0v) is 5.99. The van der Waals surface area contributed by atoms with Crippen molar-refractivity contribution in [2.24, 2.45) is 5.11 Å². The van der Waals surface area contributed by atoms with Crippen molar-refractivity contribution >= 4 is 11.6 Å². The second kappa shape index (κ2) is 3.32. The summed E-state index contributed by atoms with van der Waals surface area (Å²) in [5.41, 5.74) is 8.44. The summed E-state index contributed by atoms with van der Waals surface area (Å²) in [6.45, 7) is 0. The first kappa shape index (κ1) is 7.22. The number of hydrogen-bond donors (Lipinski definition) is 0. The third kappa shape index (κ3) is 1.54. The van der Waals surface area contributed by atoms with Crippen LogP contribution in [0, 0.1) is 0 Å². The highest BCUT2D eigenvalue weighted by atomic mass is 35.5. The predicted octanol–water partition coefficient (Wildman–Crippen LogP) is 2.18. The molecule has 0 aromatic heterocycles. The predicted molar refractivity (Wildman–Crippen MR) is 39.6 cm³/mol. The number of benzene rings is 1. The molecular weight excluding hydrogens is 148 g/mol. The standard InChI is InChI=1S/C7H6ClN2/c8-7(10-9)6-4-2-1-3-5-6/h1-5,7H. The molecule has 2 nitrogen and oxygen atoms in total. The molecule has 1 unspecified atom stereocenters. The van der Waals surface area contributed by atoms with Crippen molar-refractivity contribution in [3.8, 4) is 0 Å². The minimum Gasteiger partial charge on any atom is -0.143 e. The lowest BCUT2D eigenvalue weighted by atomic mass is 10.2. The molecule has 0 spiro atoms. The van der Waals surface area contributed by atoms with Crippen LogP contribution in [0.5, 0.6) is 0 Å². The van der Waals surface area contributed by atoms with Gasteiger partial charge in [-0.15, -0.1) is 5.11 Å². The van der Waals surface area contributed by atoms with Gasteiger partial charge in [-0.1, -0.05) is 41.9 Å². The topological polar surface area (TPSA) is 34.7 Å². The third-order valence-corrected chi connectivity index (χ3v) is 1.52. The maximum atomic E-state index is 8.28. The van der Waals surface area contributed by atoms with Gasteiger partial charge in [0.15, 0.2) is 5.50 Å². The lowest BCUT2D eigenvalue weighted by molar-refractivity contribution is 0.934. The van der Waals surface area contributed by atoms with E-state index in [1.807, 2.05) is 18.2 Å². The molecule has 0 heterocycles. The fourth-order valence-corrected chi connectivity index (χ4v) is 0.824. The van der Waals surface area contributed by atoms with Crippen LogP contribution in [0.3, 0.4) is 0 Å². The van der Waals surface area contributed by atoms with E-state index in [1.165, 1.54) is 0 Å². The first-order valence-electron chi connectivity index (χ1n) is 2.88. The molecule has 0 saturated carbocycles. The third-order valence-electron chi connectivity index (χ3n) is 1.18. The van der Waals surface area contributed by atoms with Crippen LogP contribution in [0.2, 0.25) is 0 Å². The van der Waals surface area contributed by atoms with E-state index in [2.05, 4.69) is 5.11 Å². The molecular formula is C7H6ClN2. The van der Waals surface area contributed by atoms with Gasteiger partial charge in [-0.25, -0.2) is 0 Å². The number of nitrogens with zero attached hydrogens (tertiary/aromatic N) is 2. The summed E-state index contributed by atoms with van der Waals surface area (Å²) in [6.07, 6.45) is 0. The van der Waals surface area contributed by atoms with Gasteiger partial charge < -0.3 is 0 Å². The molecule has 0 N–H and O–H groups in total. The molecule has 10 heavy (non-hydrogen) atoms. The van der Waals surface area contributed by atoms with Crippen molar-refractivity contribution in [2.75, 3.05) is 0 Å². The van der Waals surface area contributed by atoms with Crippen LogP contribution in [0.1, 0.15) is 11.1 Å². The Kier molecular flexibility index (Phi) is 2.40. The molecule has 1 atom stereocenters. The Labute approximate surface area is 64.3 Å². The average molecular weight is 154 g/mol. The molecule has 3 heteroatoms. The van der Waals surface area contributed by atoms with Crippen LogP contribution < -0.4 is 5.53 Å². The molecule has 1 radical (unpaired) electrons. The summed E-state index contributed by atoms with van der Waals surface area (Å²) >= 11 is 5.57. The van der Waals surface area contributed by atoms with Gasteiger partial charge >= 0.3 is 0 Å². The van der Waals surface area contributed by atoms with Gasteiger partial charge in [0, 0.05) is 0 Å². The van der Waals surface area contributed by atoms with Crippen molar-refractivity contribution < 1.29 is 0 Å². The lowest BCUT2D eigenvalue weighted by Gasteiger charge is -1.98. The number of halogens is 1. The van der Waals surface area contributed by atoms with Crippen LogP contribution in [-0.2, 0) is 0 Å². The molecule has 0 saturated heterocycles. The molecule has 0 aliphatic heterocycles. The molecule has 1 aromatic rings. The van der Waals surface area contributed by atoms with E-state index in [0.717, 1.165) is 5.56 Å². The summed E-state index contributed by atoms with van der Waals surface area (Å²) < 4.78 is 0.